The number of rotatable bonds is 9. The van der Waals surface area contributed by atoms with Gasteiger partial charge in [-0.2, -0.15) is 15.3 Å². The van der Waals surface area contributed by atoms with Gasteiger partial charge in [-0.3, -0.25) is 14.0 Å². The van der Waals surface area contributed by atoms with Gasteiger partial charge in [0.05, 0.1) is 17.1 Å². The number of halogens is 2. The molecular weight excluding hydrogens is 690 g/mol. The van der Waals surface area contributed by atoms with Crippen LogP contribution in [0.4, 0.5) is 0 Å². The molecule has 257 valence electrons. The van der Waals surface area contributed by atoms with Crippen LogP contribution in [0.15, 0.2) is 109 Å². The Morgan fingerprint density at radius 1 is 0.469 bits per heavy atom. The Balaban J connectivity index is 0.00000151. The zero-order valence-corrected chi connectivity index (χ0v) is 32.4. The van der Waals surface area contributed by atoms with E-state index in [1.165, 1.54) is 16.7 Å². The van der Waals surface area contributed by atoms with E-state index < -0.39 is 0 Å². The molecule has 6 rings (SSSR count). The molecule has 0 aliphatic carbocycles. The van der Waals surface area contributed by atoms with Crippen LogP contribution in [0, 0.1) is 27.1 Å². The van der Waals surface area contributed by atoms with Gasteiger partial charge in [0.25, 0.3) is 0 Å². The molecule has 0 amide bonds. The summed E-state index contributed by atoms with van der Waals surface area (Å²) in [5, 5.41) is 15.9. The molecule has 0 radical (unpaired) electrons. The van der Waals surface area contributed by atoms with Crippen molar-refractivity contribution < 1.29 is 13.1 Å². The third kappa shape index (κ3) is 7.27. The average molecular weight is 736 g/mol. The van der Waals surface area contributed by atoms with Gasteiger partial charge in [-0.25, -0.2) is 0 Å². The molecule has 0 fully saturated rings. The van der Waals surface area contributed by atoms with Crippen molar-refractivity contribution in [2.45, 2.75) is 78.6 Å². The summed E-state index contributed by atoms with van der Waals surface area (Å²) < 4.78 is 6.04. The van der Waals surface area contributed by atoms with E-state index in [0.29, 0.717) is 0 Å². The molecule has 0 saturated carbocycles. The quantitative estimate of drug-likeness (QED) is 0.110. The van der Waals surface area contributed by atoms with Gasteiger partial charge in [0, 0.05) is 16.2 Å². The molecule has 0 spiro atoms. The summed E-state index contributed by atoms with van der Waals surface area (Å²) in [7, 11) is 9.59. The second-order valence-corrected chi connectivity index (χ2v) is 16.0. The van der Waals surface area contributed by atoms with E-state index in [2.05, 4.69) is 172 Å². The van der Waals surface area contributed by atoms with Gasteiger partial charge in [0.1, 0.15) is 0 Å². The maximum atomic E-state index is 5.31. The van der Waals surface area contributed by atoms with Crippen LogP contribution in [0.5, 0.6) is 0 Å². The van der Waals surface area contributed by atoms with E-state index >= 15 is 0 Å². The van der Waals surface area contributed by atoms with E-state index in [1.54, 1.807) is 0 Å². The summed E-state index contributed by atoms with van der Waals surface area (Å²) in [6.07, 6.45) is 0.757. The van der Waals surface area contributed by atoms with Crippen LogP contribution in [-0.4, -0.2) is 29.3 Å². The third-order valence-corrected chi connectivity index (χ3v) is 9.64. The van der Waals surface area contributed by atoms with Crippen molar-refractivity contribution in [2.24, 2.45) is 0 Å². The standard InChI is InChI=1S/C40H45N6.2ClH.Mn/c1-28-25-34(38(4,5)31-19-13-10-14-20-31)41-44(28)37(45-29(2)26-35(42-45)39(6,7)32-21-15-11-16-22-32)46-30(3)27-36(43-46)40(8,9)33-23-17-12-18-24-33;;;/h10-27H,1-9H3;2*1H;/q-1;;;+2/p-2. The van der Waals surface area contributed by atoms with Crippen LogP contribution >= 0.6 is 20.2 Å². The molecule has 0 aliphatic heterocycles. The summed E-state index contributed by atoms with van der Waals surface area (Å²) in [5.41, 5.74) is 8.70. The summed E-state index contributed by atoms with van der Waals surface area (Å²) >= 11 is 0.00694. The van der Waals surface area contributed by atoms with E-state index in [1.807, 2.05) is 14.0 Å². The zero-order chi connectivity index (χ0) is 35.6. The maximum absolute atomic E-state index is 5.31. The van der Waals surface area contributed by atoms with Gasteiger partial charge >= 0.3 is 33.3 Å². The molecule has 0 bridgehead atoms. The van der Waals surface area contributed by atoms with Gasteiger partial charge in [0.15, 0.2) is 6.29 Å². The number of nitrogens with zero attached hydrogens (tertiary/aromatic N) is 6. The minimum atomic E-state index is -0.304. The molecule has 0 aliphatic rings. The van der Waals surface area contributed by atoms with Crippen molar-refractivity contribution >= 4 is 20.2 Å². The Kier molecular flexibility index (Phi) is 10.9. The second kappa shape index (κ2) is 14.6. The van der Waals surface area contributed by atoms with Crippen molar-refractivity contribution in [3.05, 3.63) is 166 Å². The number of aromatic nitrogens is 6. The molecule has 6 aromatic rings. The average Bonchev–Trinajstić information content (AvgIpc) is 3.80. The second-order valence-electron chi connectivity index (χ2n) is 14.1. The topological polar surface area (TPSA) is 53.5 Å². The van der Waals surface area contributed by atoms with Gasteiger partial charge in [-0.05, 0) is 33.8 Å². The molecule has 49 heavy (non-hydrogen) atoms. The van der Waals surface area contributed by atoms with Crippen molar-refractivity contribution in [1.29, 1.82) is 0 Å². The summed E-state index contributed by atoms with van der Waals surface area (Å²) in [5.74, 6) is 0. The van der Waals surface area contributed by atoms with Crippen LogP contribution in [0.25, 0.3) is 0 Å². The number of hydrogen-bond acceptors (Lipinski definition) is 3. The third-order valence-electron chi connectivity index (χ3n) is 9.64. The van der Waals surface area contributed by atoms with E-state index in [-0.39, 0.29) is 29.4 Å². The first kappa shape index (κ1) is 36.5. The van der Waals surface area contributed by atoms with Crippen molar-refractivity contribution in [1.82, 2.24) is 29.3 Å². The van der Waals surface area contributed by atoms with Crippen molar-refractivity contribution in [3.8, 4) is 0 Å². The van der Waals surface area contributed by atoms with Crippen molar-refractivity contribution in [2.75, 3.05) is 0 Å². The molecule has 0 unspecified atom stereocenters. The Labute approximate surface area is 306 Å². The molecule has 3 heterocycles. The number of hydrogen-bond donors (Lipinski definition) is 0. The van der Waals surface area contributed by atoms with E-state index in [9.17, 15) is 0 Å². The molecular formula is C40H45Cl2MnN6-. The first-order valence-corrected chi connectivity index (χ1v) is 19.6. The van der Waals surface area contributed by atoms with Gasteiger partial charge in [-0.1, -0.05) is 172 Å². The minimum absolute atomic E-state index is 0.00694. The van der Waals surface area contributed by atoms with Gasteiger partial charge in [-0.15, -0.1) is 0 Å². The first-order chi connectivity index (χ1) is 23.2. The SMILES string of the molecule is Cc1cc(C(C)(C)c2ccccc2)nn1[C-](n1nc(C(C)(C)c2ccccc2)cc1C)n1nc(C(C)(C)c2ccccc2)cc1C.[Cl][Mn][Cl]. The van der Waals surface area contributed by atoms with Crippen LogP contribution in [0.1, 0.15) is 92.4 Å². The van der Waals surface area contributed by atoms with Gasteiger partial charge < -0.3 is 0 Å². The zero-order valence-electron chi connectivity index (χ0n) is 29.7. The van der Waals surface area contributed by atoms with Crippen LogP contribution in [-0.2, 0) is 29.4 Å². The molecule has 0 N–H and O–H groups in total. The number of aryl methyl sites for hydroxylation is 3. The molecule has 0 saturated heterocycles. The molecule has 3 aromatic heterocycles. The monoisotopic (exact) mass is 734 g/mol. The van der Waals surface area contributed by atoms with Crippen LogP contribution < -0.4 is 0 Å². The fourth-order valence-electron chi connectivity index (χ4n) is 6.22. The molecule has 6 nitrogen and oxygen atoms in total. The fraction of sp³-hybridized carbons (Fsp3) is 0.300. The molecule has 9 heteroatoms. The first-order valence-electron chi connectivity index (χ1n) is 16.4. The normalized spacial score (nSPS) is 12.1. The Hall–Kier alpha value is -3.74. The summed E-state index contributed by atoms with van der Waals surface area (Å²) in [4.78, 5) is 0. The van der Waals surface area contributed by atoms with E-state index in [4.69, 9.17) is 35.5 Å². The number of benzene rings is 3. The van der Waals surface area contributed by atoms with E-state index in [0.717, 1.165) is 40.5 Å². The predicted molar refractivity (Wildman–Crippen MR) is 198 cm³/mol. The van der Waals surface area contributed by atoms with Crippen LogP contribution in [0.2, 0.25) is 0 Å². The molecule has 0 atom stereocenters. The molecule has 3 aromatic carbocycles. The van der Waals surface area contributed by atoms with Crippen molar-refractivity contribution in [3.63, 3.8) is 0 Å². The van der Waals surface area contributed by atoms with Gasteiger partial charge in [0.2, 0.25) is 0 Å². The Morgan fingerprint density at radius 2 is 0.694 bits per heavy atom. The predicted octanol–water partition coefficient (Wildman–Crippen LogP) is 9.95. The summed E-state index contributed by atoms with van der Waals surface area (Å²) in [6, 6.07) is 38.3. The fourth-order valence-corrected chi connectivity index (χ4v) is 6.22. The Morgan fingerprint density at radius 3 is 0.918 bits per heavy atom. The Bertz CT molecular complexity index is 1750. The van der Waals surface area contributed by atoms with Crippen LogP contribution in [0.3, 0.4) is 0 Å². The summed E-state index contributed by atoms with van der Waals surface area (Å²) in [6.45, 7) is 19.7.